The lowest BCUT2D eigenvalue weighted by molar-refractivity contribution is 0.0982. The molecule has 5 rings (SSSR count). The zero-order chi connectivity index (χ0) is 23.7. The first-order chi connectivity index (χ1) is 16.4. The van der Waals surface area contributed by atoms with Gasteiger partial charge in [-0.05, 0) is 42.3 Å². The van der Waals surface area contributed by atoms with Gasteiger partial charge in [0.25, 0.3) is 0 Å². The zero-order valence-corrected chi connectivity index (χ0v) is 18.6. The van der Waals surface area contributed by atoms with Crippen molar-refractivity contribution in [1.29, 1.82) is 0 Å². The van der Waals surface area contributed by atoms with E-state index in [4.69, 9.17) is 0 Å². The summed E-state index contributed by atoms with van der Waals surface area (Å²) in [6, 6.07) is 11.7. The van der Waals surface area contributed by atoms with Gasteiger partial charge in [-0.15, -0.1) is 0 Å². The van der Waals surface area contributed by atoms with Crippen LogP contribution in [-0.2, 0) is 16.3 Å². The van der Waals surface area contributed by atoms with E-state index in [1.54, 1.807) is 53.6 Å². The number of benzene rings is 2. The molecule has 0 saturated carbocycles. The molecule has 34 heavy (non-hydrogen) atoms. The van der Waals surface area contributed by atoms with Crippen LogP contribution in [0.4, 0.5) is 4.39 Å². The van der Waals surface area contributed by atoms with Gasteiger partial charge in [0.2, 0.25) is 15.6 Å². The van der Waals surface area contributed by atoms with Gasteiger partial charge in [0, 0.05) is 49.7 Å². The molecule has 10 heteroatoms. The Kier molecular flexibility index (Phi) is 5.50. The van der Waals surface area contributed by atoms with Gasteiger partial charge in [-0.1, -0.05) is 12.1 Å². The second-order valence-electron chi connectivity index (χ2n) is 7.61. The number of hydrogen-bond donors (Lipinski definition) is 0. The van der Waals surface area contributed by atoms with Crippen LogP contribution in [0.15, 0.2) is 95.5 Å². The molecular weight excluding hydrogens is 457 g/mol. The second kappa shape index (κ2) is 8.64. The van der Waals surface area contributed by atoms with Gasteiger partial charge >= 0.3 is 0 Å². The highest BCUT2D eigenvalue weighted by molar-refractivity contribution is 7.91. The molecule has 0 aliphatic carbocycles. The van der Waals surface area contributed by atoms with E-state index in [0.29, 0.717) is 23.4 Å². The highest BCUT2D eigenvalue weighted by atomic mass is 32.2. The number of carbonyl (C=O) groups excluding carboxylic acids is 1. The number of rotatable bonds is 7. The molecule has 0 saturated heterocycles. The molecule has 0 aliphatic rings. The molecule has 0 amide bonds. The highest BCUT2D eigenvalue weighted by Gasteiger charge is 2.22. The van der Waals surface area contributed by atoms with Crippen LogP contribution in [0.2, 0.25) is 0 Å². The number of ketones is 1. The van der Waals surface area contributed by atoms with E-state index >= 15 is 0 Å². The molecule has 0 radical (unpaired) electrons. The minimum atomic E-state index is -4.05. The SMILES string of the molecule is O=C(CCc1ccc(S(=O)(=O)c2ccc(-n3cccn3)cc2F)cc1)c1cnc2nccn2c1. The summed E-state index contributed by atoms with van der Waals surface area (Å²) >= 11 is 0. The van der Waals surface area contributed by atoms with Gasteiger partial charge in [-0.2, -0.15) is 5.10 Å². The number of carbonyl (C=O) groups is 1. The Morgan fingerprint density at radius 1 is 1.00 bits per heavy atom. The van der Waals surface area contributed by atoms with Crippen LogP contribution in [0, 0.1) is 5.82 Å². The number of hydrogen-bond acceptors (Lipinski definition) is 6. The topological polar surface area (TPSA) is 99.2 Å². The van der Waals surface area contributed by atoms with Crippen LogP contribution in [0.25, 0.3) is 11.5 Å². The summed E-state index contributed by atoms with van der Waals surface area (Å²) in [5.74, 6) is -0.425. The van der Waals surface area contributed by atoms with Gasteiger partial charge in [-0.3, -0.25) is 9.20 Å². The van der Waals surface area contributed by atoms with Crippen molar-refractivity contribution in [3.8, 4) is 5.69 Å². The number of Topliss-reactive ketones (excluding diaryl/α,β-unsaturated/α-hetero) is 1. The second-order valence-corrected chi connectivity index (χ2v) is 9.53. The summed E-state index contributed by atoms with van der Waals surface area (Å²) in [6.07, 6.45) is 10.3. The third-order valence-electron chi connectivity index (χ3n) is 5.42. The molecule has 170 valence electrons. The van der Waals surface area contributed by atoms with Crippen LogP contribution >= 0.6 is 0 Å². The van der Waals surface area contributed by atoms with E-state index in [0.717, 1.165) is 11.6 Å². The van der Waals surface area contributed by atoms with E-state index in [9.17, 15) is 17.6 Å². The standard InChI is InChI=1S/C24H18FN5O3S/c25-21-14-19(30-12-1-10-28-30)5-9-23(21)34(32,33)20-6-2-17(3-7-20)4-8-22(31)18-15-27-24-26-11-13-29(24)16-18/h1-3,5-7,9-16H,4,8H2. The highest BCUT2D eigenvalue weighted by Crippen LogP contribution is 2.25. The number of imidazole rings is 1. The van der Waals surface area contributed by atoms with Gasteiger partial charge in [0.1, 0.15) is 10.7 Å². The van der Waals surface area contributed by atoms with E-state index in [2.05, 4.69) is 15.1 Å². The van der Waals surface area contributed by atoms with Gasteiger partial charge < -0.3 is 0 Å². The van der Waals surface area contributed by atoms with Crippen LogP contribution in [-0.4, -0.2) is 38.4 Å². The molecule has 0 atom stereocenters. The van der Waals surface area contributed by atoms with Crippen molar-refractivity contribution in [3.05, 3.63) is 103 Å². The lowest BCUT2D eigenvalue weighted by Crippen LogP contribution is -2.07. The summed E-state index contributed by atoms with van der Waals surface area (Å²) in [5.41, 5.74) is 1.68. The smallest absolute Gasteiger partial charge is 0.233 e. The third kappa shape index (κ3) is 4.11. The molecule has 3 heterocycles. The van der Waals surface area contributed by atoms with Crippen molar-refractivity contribution in [1.82, 2.24) is 24.1 Å². The van der Waals surface area contributed by atoms with E-state index in [-0.39, 0.29) is 17.1 Å². The van der Waals surface area contributed by atoms with Crippen LogP contribution < -0.4 is 0 Å². The maximum Gasteiger partial charge on any atom is 0.233 e. The molecule has 2 aromatic carbocycles. The molecular formula is C24H18FN5O3S. The van der Waals surface area contributed by atoms with Crippen LogP contribution in [0.1, 0.15) is 22.3 Å². The maximum atomic E-state index is 14.7. The predicted octanol–water partition coefficient (Wildman–Crippen LogP) is 3.70. The summed E-state index contributed by atoms with van der Waals surface area (Å²) in [6.45, 7) is 0. The lowest BCUT2D eigenvalue weighted by atomic mass is 10.0. The van der Waals surface area contributed by atoms with E-state index < -0.39 is 20.5 Å². The quantitative estimate of drug-likeness (QED) is 0.333. The monoisotopic (exact) mass is 475 g/mol. The Balaban J connectivity index is 1.29. The Hall–Kier alpha value is -4.18. The molecule has 0 fully saturated rings. The lowest BCUT2D eigenvalue weighted by Gasteiger charge is -2.09. The number of aryl methyl sites for hydroxylation is 1. The average molecular weight is 476 g/mol. The number of sulfone groups is 1. The predicted molar refractivity (Wildman–Crippen MR) is 121 cm³/mol. The fraction of sp³-hybridized carbons (Fsp3) is 0.0833. The summed E-state index contributed by atoms with van der Waals surface area (Å²) < 4.78 is 43.7. The van der Waals surface area contributed by atoms with Crippen molar-refractivity contribution in [2.75, 3.05) is 0 Å². The average Bonchev–Trinajstić information content (AvgIpc) is 3.54. The third-order valence-corrected chi connectivity index (χ3v) is 7.22. The number of aromatic nitrogens is 5. The maximum absolute atomic E-state index is 14.7. The molecule has 0 aliphatic heterocycles. The molecule has 0 N–H and O–H groups in total. The number of fused-ring (bicyclic) bond motifs is 1. The zero-order valence-electron chi connectivity index (χ0n) is 17.7. The van der Waals surface area contributed by atoms with Crippen molar-refractivity contribution in [2.45, 2.75) is 22.6 Å². The van der Waals surface area contributed by atoms with E-state index in [1.165, 1.54) is 35.1 Å². The molecule has 3 aromatic heterocycles. The van der Waals surface area contributed by atoms with Crippen LogP contribution in [0.3, 0.4) is 0 Å². The van der Waals surface area contributed by atoms with Crippen molar-refractivity contribution < 1.29 is 17.6 Å². The summed E-state index contributed by atoms with van der Waals surface area (Å²) in [4.78, 5) is 20.3. The fourth-order valence-electron chi connectivity index (χ4n) is 3.60. The Labute approximate surface area is 194 Å². The molecule has 0 spiro atoms. The van der Waals surface area contributed by atoms with Crippen LogP contribution in [0.5, 0.6) is 0 Å². The first-order valence-corrected chi connectivity index (χ1v) is 11.9. The van der Waals surface area contributed by atoms with Gasteiger partial charge in [0.15, 0.2) is 5.78 Å². The molecule has 0 bridgehead atoms. The largest absolute Gasteiger partial charge is 0.294 e. The fourth-order valence-corrected chi connectivity index (χ4v) is 4.91. The minimum absolute atomic E-state index is 0.0249. The Morgan fingerprint density at radius 3 is 2.56 bits per heavy atom. The van der Waals surface area contributed by atoms with Gasteiger partial charge in [0.05, 0.1) is 16.1 Å². The Bertz CT molecular complexity index is 1590. The Morgan fingerprint density at radius 2 is 1.82 bits per heavy atom. The van der Waals surface area contributed by atoms with Crippen molar-refractivity contribution in [3.63, 3.8) is 0 Å². The molecule has 0 unspecified atom stereocenters. The van der Waals surface area contributed by atoms with Crippen molar-refractivity contribution in [2.24, 2.45) is 0 Å². The number of nitrogens with zero attached hydrogens (tertiary/aromatic N) is 5. The number of halogens is 1. The summed E-state index contributed by atoms with van der Waals surface area (Å²) in [5, 5.41) is 4.02. The summed E-state index contributed by atoms with van der Waals surface area (Å²) in [7, 11) is -4.05. The first-order valence-electron chi connectivity index (χ1n) is 10.4. The molecule has 5 aromatic rings. The van der Waals surface area contributed by atoms with Gasteiger partial charge in [-0.25, -0.2) is 27.5 Å². The normalized spacial score (nSPS) is 11.7. The van der Waals surface area contributed by atoms with E-state index in [1.807, 2.05) is 0 Å². The minimum Gasteiger partial charge on any atom is -0.294 e. The van der Waals surface area contributed by atoms with Crippen molar-refractivity contribution >= 4 is 21.4 Å². The first kappa shape index (κ1) is 21.7. The molecule has 8 nitrogen and oxygen atoms in total.